The van der Waals surface area contributed by atoms with E-state index in [-0.39, 0.29) is 5.41 Å². The minimum atomic E-state index is 0.230. The van der Waals surface area contributed by atoms with Gasteiger partial charge in [-0.25, -0.2) is 0 Å². The van der Waals surface area contributed by atoms with Gasteiger partial charge < -0.3 is 9.80 Å². The van der Waals surface area contributed by atoms with Gasteiger partial charge in [-0.2, -0.15) is 0 Å². The van der Waals surface area contributed by atoms with Gasteiger partial charge in [0.15, 0.2) is 0 Å². The fourth-order valence-corrected chi connectivity index (χ4v) is 4.37. The van der Waals surface area contributed by atoms with Crippen molar-refractivity contribution in [3.63, 3.8) is 0 Å². The van der Waals surface area contributed by atoms with Crippen LogP contribution in [0, 0.1) is 0 Å². The predicted octanol–water partition coefficient (Wildman–Crippen LogP) is 5.06. The minimum Gasteiger partial charge on any atom is -0.375 e. The number of allylic oxidation sites excluding steroid dienone is 2. The van der Waals surface area contributed by atoms with E-state index in [2.05, 4.69) is 67.7 Å². The van der Waals surface area contributed by atoms with Crippen molar-refractivity contribution in [3.05, 3.63) is 53.9 Å². The average Bonchev–Trinajstić information content (AvgIpc) is 3.12. The number of benzene rings is 1. The molecule has 0 aromatic heterocycles. The summed E-state index contributed by atoms with van der Waals surface area (Å²) in [5.41, 5.74) is 5.38. The lowest BCUT2D eigenvalue weighted by atomic mass is 9.75. The van der Waals surface area contributed by atoms with Crippen LogP contribution in [0.4, 0.5) is 0 Å². The van der Waals surface area contributed by atoms with Crippen LogP contribution in [0.3, 0.4) is 0 Å². The first-order valence-corrected chi connectivity index (χ1v) is 9.83. The summed E-state index contributed by atoms with van der Waals surface area (Å²) in [4.78, 5) is 9.40. The third-order valence-electron chi connectivity index (χ3n) is 6.26. The van der Waals surface area contributed by atoms with Gasteiger partial charge in [0.2, 0.25) is 0 Å². The van der Waals surface area contributed by atoms with Gasteiger partial charge in [-0.1, -0.05) is 49.3 Å². The van der Waals surface area contributed by atoms with Gasteiger partial charge in [-0.05, 0) is 37.8 Å². The summed E-state index contributed by atoms with van der Waals surface area (Å²) in [6.07, 6.45) is 8.44. The van der Waals surface area contributed by atoms with Crippen LogP contribution < -0.4 is 0 Å². The minimum absolute atomic E-state index is 0.230. The first kappa shape index (κ1) is 18.8. The lowest BCUT2D eigenvalue weighted by Crippen LogP contribution is -2.41. The van der Waals surface area contributed by atoms with E-state index in [1.807, 2.05) is 7.05 Å². The molecule has 0 bridgehead atoms. The first-order chi connectivity index (χ1) is 12.4. The largest absolute Gasteiger partial charge is 0.375 e. The maximum atomic E-state index is 4.72. The van der Waals surface area contributed by atoms with E-state index in [4.69, 9.17) is 4.99 Å². The summed E-state index contributed by atoms with van der Waals surface area (Å²) in [6, 6.07) is 9.13. The number of hydrogen-bond donors (Lipinski definition) is 0. The zero-order valence-electron chi connectivity index (χ0n) is 16.9. The second-order valence-corrected chi connectivity index (χ2v) is 8.05. The molecular formula is C23H33N3. The van der Waals surface area contributed by atoms with E-state index in [0.29, 0.717) is 0 Å². The van der Waals surface area contributed by atoms with Crippen molar-refractivity contribution in [1.29, 1.82) is 0 Å². The molecule has 1 aromatic rings. The van der Waals surface area contributed by atoms with Crippen LogP contribution in [-0.2, 0) is 5.41 Å². The lowest BCUT2D eigenvalue weighted by Gasteiger charge is -2.37. The molecule has 1 heterocycles. The van der Waals surface area contributed by atoms with E-state index in [9.17, 15) is 0 Å². The number of aliphatic imine (C=N–C) groups is 1. The Morgan fingerprint density at radius 1 is 1.15 bits per heavy atom. The normalized spacial score (nSPS) is 20.3. The Labute approximate surface area is 159 Å². The molecule has 3 rings (SSSR count). The van der Waals surface area contributed by atoms with Gasteiger partial charge in [0.05, 0.1) is 0 Å². The van der Waals surface area contributed by atoms with Gasteiger partial charge in [0.25, 0.3) is 0 Å². The second-order valence-electron chi connectivity index (χ2n) is 8.05. The third-order valence-corrected chi connectivity index (χ3v) is 6.26. The summed E-state index contributed by atoms with van der Waals surface area (Å²) in [5.74, 6) is 1.23. The van der Waals surface area contributed by atoms with E-state index >= 15 is 0 Å². The molecule has 1 aliphatic carbocycles. The fraction of sp³-hybridized carbons (Fsp3) is 0.522. The van der Waals surface area contributed by atoms with E-state index in [1.165, 1.54) is 48.3 Å². The monoisotopic (exact) mass is 351 g/mol. The molecule has 1 aliphatic heterocycles. The zero-order valence-corrected chi connectivity index (χ0v) is 16.9. The highest BCUT2D eigenvalue weighted by molar-refractivity contribution is 5.85. The Bertz CT molecular complexity index is 705. The van der Waals surface area contributed by atoms with E-state index in [0.717, 1.165) is 25.1 Å². The standard InChI is InChI=1S/C23H33N3/c1-18(2)20-8-10-21(11-9-20)23(12-6-7-13-23)16-22(24-4)26-15-14-25(5)19(3)17-26/h8-11,17H,1,6-7,12-16H2,2-5H3/b24-22-. The molecule has 3 heteroatoms. The highest BCUT2D eigenvalue weighted by atomic mass is 15.3. The van der Waals surface area contributed by atoms with Crippen molar-refractivity contribution in [1.82, 2.24) is 9.80 Å². The summed E-state index contributed by atoms with van der Waals surface area (Å²) in [6.45, 7) is 10.4. The molecule has 0 N–H and O–H groups in total. The molecule has 1 saturated carbocycles. The zero-order chi connectivity index (χ0) is 18.7. The maximum absolute atomic E-state index is 4.72. The summed E-state index contributed by atoms with van der Waals surface area (Å²) < 4.78 is 0. The van der Waals surface area contributed by atoms with E-state index < -0.39 is 0 Å². The molecule has 0 atom stereocenters. The molecule has 26 heavy (non-hydrogen) atoms. The molecule has 0 unspecified atom stereocenters. The molecule has 1 fully saturated rings. The van der Waals surface area contributed by atoms with Gasteiger partial charge in [0, 0.05) is 50.9 Å². The Kier molecular flexibility index (Phi) is 5.55. The molecule has 0 radical (unpaired) electrons. The molecule has 2 aliphatic rings. The predicted molar refractivity (Wildman–Crippen MR) is 112 cm³/mol. The van der Waals surface area contributed by atoms with Crippen molar-refractivity contribution in [2.75, 3.05) is 27.2 Å². The first-order valence-electron chi connectivity index (χ1n) is 9.83. The Balaban J connectivity index is 1.86. The van der Waals surface area contributed by atoms with Crippen LogP contribution in [0.2, 0.25) is 0 Å². The number of amidine groups is 1. The van der Waals surface area contributed by atoms with Crippen LogP contribution >= 0.6 is 0 Å². The van der Waals surface area contributed by atoms with Gasteiger partial charge in [0.1, 0.15) is 5.84 Å². The highest BCUT2D eigenvalue weighted by Gasteiger charge is 2.37. The molecule has 140 valence electrons. The molecule has 0 spiro atoms. The summed E-state index contributed by atoms with van der Waals surface area (Å²) >= 11 is 0. The second kappa shape index (κ2) is 7.69. The van der Waals surface area contributed by atoms with Crippen molar-refractivity contribution in [3.8, 4) is 0 Å². The van der Waals surface area contributed by atoms with Crippen LogP contribution in [0.15, 0.2) is 47.7 Å². The Hall–Kier alpha value is -2.03. The topological polar surface area (TPSA) is 18.8 Å². The number of rotatable bonds is 4. The van der Waals surface area contributed by atoms with Crippen LogP contribution in [0.25, 0.3) is 5.57 Å². The van der Waals surface area contributed by atoms with Gasteiger partial charge >= 0.3 is 0 Å². The number of likely N-dealkylation sites (N-methyl/N-ethyl adjacent to an activating group) is 1. The van der Waals surface area contributed by atoms with Crippen molar-refractivity contribution in [2.45, 2.75) is 51.4 Å². The molecule has 0 amide bonds. The molecule has 1 aromatic carbocycles. The highest BCUT2D eigenvalue weighted by Crippen LogP contribution is 2.44. The Morgan fingerprint density at radius 3 is 2.35 bits per heavy atom. The lowest BCUT2D eigenvalue weighted by molar-refractivity contribution is 0.325. The van der Waals surface area contributed by atoms with Crippen LogP contribution in [0.1, 0.15) is 57.1 Å². The number of nitrogens with zero attached hydrogens (tertiary/aromatic N) is 3. The number of hydrogen-bond acceptors (Lipinski definition) is 2. The quantitative estimate of drug-likeness (QED) is 0.558. The van der Waals surface area contributed by atoms with E-state index in [1.54, 1.807) is 0 Å². The smallest absolute Gasteiger partial charge is 0.103 e. The van der Waals surface area contributed by atoms with Crippen LogP contribution in [0.5, 0.6) is 0 Å². The van der Waals surface area contributed by atoms with Crippen molar-refractivity contribution >= 4 is 11.4 Å². The SMILES string of the molecule is C=C(C)c1ccc(C2(C/C(=N/C)N3C=C(C)N(C)CC3)CCCC2)cc1. The fourth-order valence-electron chi connectivity index (χ4n) is 4.37. The average molecular weight is 352 g/mol. The molecular weight excluding hydrogens is 318 g/mol. The Morgan fingerprint density at radius 2 is 1.81 bits per heavy atom. The summed E-state index contributed by atoms with van der Waals surface area (Å²) in [5, 5.41) is 0. The summed E-state index contributed by atoms with van der Waals surface area (Å²) in [7, 11) is 4.11. The van der Waals surface area contributed by atoms with Crippen molar-refractivity contribution in [2.24, 2.45) is 4.99 Å². The molecule has 3 nitrogen and oxygen atoms in total. The van der Waals surface area contributed by atoms with Gasteiger partial charge in [-0.3, -0.25) is 4.99 Å². The maximum Gasteiger partial charge on any atom is 0.103 e. The van der Waals surface area contributed by atoms with Crippen molar-refractivity contribution < 1.29 is 0 Å². The van der Waals surface area contributed by atoms with Crippen LogP contribution in [-0.4, -0.2) is 42.8 Å². The van der Waals surface area contributed by atoms with Gasteiger partial charge in [-0.15, -0.1) is 0 Å². The molecule has 0 saturated heterocycles. The third kappa shape index (κ3) is 3.72.